The third-order valence-electron chi connectivity index (χ3n) is 4.38. The highest BCUT2D eigenvalue weighted by Crippen LogP contribution is 2.32. The molecule has 9 heteroatoms. The third kappa shape index (κ3) is 4.14. The number of methoxy groups -OCH3 is 1. The summed E-state index contributed by atoms with van der Waals surface area (Å²) in [6, 6.07) is 6.46. The van der Waals surface area contributed by atoms with Gasteiger partial charge in [0.25, 0.3) is 0 Å². The van der Waals surface area contributed by atoms with Crippen LogP contribution in [0.25, 0.3) is 11.3 Å². The molecule has 0 aliphatic rings. The number of nitrogens with two attached hydrogens (primary N) is 1. The zero-order chi connectivity index (χ0) is 20.3. The maximum atomic E-state index is 14.1. The van der Waals surface area contributed by atoms with E-state index >= 15 is 0 Å². The van der Waals surface area contributed by atoms with Crippen molar-refractivity contribution >= 4 is 22.4 Å². The molecular weight excluding hydrogens is 381 g/mol. The summed E-state index contributed by atoms with van der Waals surface area (Å²) in [5.74, 6) is -0.423. The van der Waals surface area contributed by atoms with E-state index in [2.05, 4.69) is 10.1 Å². The largest absolute Gasteiger partial charge is 0.494 e. The fraction of sp³-hybridized carbons (Fsp3) is 0.316. The molecule has 148 valence electrons. The second kappa shape index (κ2) is 8.39. The van der Waals surface area contributed by atoms with Crippen molar-refractivity contribution in [1.82, 2.24) is 19.7 Å². The standard InChI is InChI=1S/C19H22FN5O2S/c1-4-25-13(7-8-22-25)11-24(2)17(26)10-16-18(23-19(21)28-16)12-5-6-15(27-3)14(20)9-12/h5-9H,4,10-11H2,1-3H3,(H2,21,23). The van der Waals surface area contributed by atoms with Crippen molar-refractivity contribution in [2.45, 2.75) is 26.4 Å². The maximum Gasteiger partial charge on any atom is 0.228 e. The van der Waals surface area contributed by atoms with E-state index in [1.54, 1.807) is 24.2 Å². The maximum absolute atomic E-state index is 14.1. The van der Waals surface area contributed by atoms with Gasteiger partial charge in [-0.2, -0.15) is 5.10 Å². The van der Waals surface area contributed by atoms with Crippen LogP contribution in [-0.4, -0.2) is 39.7 Å². The van der Waals surface area contributed by atoms with Crippen LogP contribution < -0.4 is 10.5 Å². The summed E-state index contributed by atoms with van der Waals surface area (Å²) in [7, 11) is 3.15. The molecule has 2 N–H and O–H groups in total. The first-order chi connectivity index (χ1) is 13.4. The molecule has 0 saturated heterocycles. The molecule has 28 heavy (non-hydrogen) atoms. The molecule has 2 heterocycles. The molecule has 1 aromatic carbocycles. The van der Waals surface area contributed by atoms with Crippen molar-refractivity contribution in [3.63, 3.8) is 0 Å². The van der Waals surface area contributed by atoms with Crippen LogP contribution in [0.1, 0.15) is 17.5 Å². The average Bonchev–Trinajstić information content (AvgIpc) is 3.27. The van der Waals surface area contributed by atoms with E-state index in [1.165, 1.54) is 30.6 Å². The number of anilines is 1. The third-order valence-corrected chi connectivity index (χ3v) is 5.26. The van der Waals surface area contributed by atoms with E-state index in [-0.39, 0.29) is 18.1 Å². The van der Waals surface area contributed by atoms with Gasteiger partial charge >= 0.3 is 0 Å². The zero-order valence-corrected chi connectivity index (χ0v) is 16.8. The van der Waals surface area contributed by atoms with Gasteiger partial charge in [-0.3, -0.25) is 9.48 Å². The summed E-state index contributed by atoms with van der Waals surface area (Å²) in [6.07, 6.45) is 1.85. The number of carbonyl (C=O) groups is 1. The number of ether oxygens (including phenoxy) is 1. The number of hydrogen-bond acceptors (Lipinski definition) is 6. The van der Waals surface area contributed by atoms with Crippen LogP contribution in [0.15, 0.2) is 30.5 Å². The number of nitrogens with zero attached hydrogens (tertiary/aromatic N) is 4. The number of halogens is 1. The van der Waals surface area contributed by atoms with E-state index in [0.717, 1.165) is 12.2 Å². The molecule has 7 nitrogen and oxygen atoms in total. The lowest BCUT2D eigenvalue weighted by Crippen LogP contribution is -2.28. The Morgan fingerprint density at radius 2 is 2.18 bits per heavy atom. The van der Waals surface area contributed by atoms with Crippen molar-refractivity contribution in [2.24, 2.45) is 0 Å². The Morgan fingerprint density at radius 1 is 1.39 bits per heavy atom. The van der Waals surface area contributed by atoms with Crippen LogP contribution in [0.5, 0.6) is 5.75 Å². The zero-order valence-electron chi connectivity index (χ0n) is 16.0. The smallest absolute Gasteiger partial charge is 0.228 e. The van der Waals surface area contributed by atoms with Gasteiger partial charge in [-0.15, -0.1) is 11.3 Å². The first-order valence-corrected chi connectivity index (χ1v) is 9.58. The van der Waals surface area contributed by atoms with Crippen molar-refractivity contribution in [1.29, 1.82) is 0 Å². The minimum Gasteiger partial charge on any atom is -0.494 e. The molecule has 3 rings (SSSR count). The number of rotatable bonds is 7. The van der Waals surface area contributed by atoms with E-state index in [0.29, 0.717) is 27.8 Å². The lowest BCUT2D eigenvalue weighted by atomic mass is 10.1. The molecule has 0 aliphatic heterocycles. The second-order valence-corrected chi connectivity index (χ2v) is 7.35. The molecule has 0 aliphatic carbocycles. The van der Waals surface area contributed by atoms with Gasteiger partial charge in [-0.05, 0) is 31.2 Å². The van der Waals surface area contributed by atoms with Crippen molar-refractivity contribution in [3.05, 3.63) is 46.9 Å². The highest BCUT2D eigenvalue weighted by Gasteiger charge is 2.19. The Kier molecular flexibility index (Phi) is 5.93. The average molecular weight is 403 g/mol. The predicted octanol–water partition coefficient (Wildman–Crippen LogP) is 2.96. The highest BCUT2D eigenvalue weighted by atomic mass is 32.1. The van der Waals surface area contributed by atoms with Crippen LogP contribution in [-0.2, 0) is 24.3 Å². The van der Waals surface area contributed by atoms with Crippen molar-refractivity contribution in [3.8, 4) is 17.0 Å². The Bertz CT molecular complexity index is 985. The van der Waals surface area contributed by atoms with Crippen LogP contribution in [0.4, 0.5) is 9.52 Å². The number of aryl methyl sites for hydroxylation is 1. The first kappa shape index (κ1) is 19.8. The Labute approximate surface area is 166 Å². The number of thiazole rings is 1. The fourth-order valence-electron chi connectivity index (χ4n) is 2.91. The van der Waals surface area contributed by atoms with E-state index in [4.69, 9.17) is 10.5 Å². The van der Waals surface area contributed by atoms with Gasteiger partial charge in [0.15, 0.2) is 16.7 Å². The number of amides is 1. The van der Waals surface area contributed by atoms with Gasteiger partial charge in [0.05, 0.1) is 31.5 Å². The van der Waals surface area contributed by atoms with Gasteiger partial charge in [0.1, 0.15) is 0 Å². The van der Waals surface area contributed by atoms with Gasteiger partial charge in [0.2, 0.25) is 5.91 Å². The first-order valence-electron chi connectivity index (χ1n) is 8.76. The summed E-state index contributed by atoms with van der Waals surface area (Å²) in [5.41, 5.74) is 7.89. The van der Waals surface area contributed by atoms with Crippen molar-refractivity contribution in [2.75, 3.05) is 19.9 Å². The van der Waals surface area contributed by atoms with E-state index in [1.807, 2.05) is 17.7 Å². The number of aromatic nitrogens is 3. The van der Waals surface area contributed by atoms with Crippen molar-refractivity contribution < 1.29 is 13.9 Å². The number of likely N-dealkylation sites (N-methyl/N-ethyl adjacent to an activating group) is 1. The van der Waals surface area contributed by atoms with Gasteiger partial charge < -0.3 is 15.4 Å². The van der Waals surface area contributed by atoms with Crippen LogP contribution in [0.2, 0.25) is 0 Å². The molecule has 0 atom stereocenters. The Balaban J connectivity index is 1.79. The topological polar surface area (TPSA) is 86.3 Å². The monoisotopic (exact) mass is 403 g/mol. The summed E-state index contributed by atoms with van der Waals surface area (Å²) >= 11 is 1.23. The minimum atomic E-state index is -0.492. The van der Waals surface area contributed by atoms with Gasteiger partial charge in [0, 0.05) is 30.2 Å². The Morgan fingerprint density at radius 3 is 2.86 bits per heavy atom. The summed E-state index contributed by atoms with van der Waals surface area (Å²) in [5, 5.41) is 4.55. The molecule has 1 amide bonds. The lowest BCUT2D eigenvalue weighted by Gasteiger charge is -2.17. The van der Waals surface area contributed by atoms with Gasteiger partial charge in [-0.1, -0.05) is 0 Å². The van der Waals surface area contributed by atoms with E-state index in [9.17, 15) is 9.18 Å². The number of nitrogen functional groups attached to an aromatic ring is 1. The molecule has 0 fully saturated rings. The molecular formula is C19H22FN5O2S. The fourth-order valence-corrected chi connectivity index (χ4v) is 3.76. The molecule has 0 unspecified atom stereocenters. The molecule has 0 radical (unpaired) electrons. The second-order valence-electron chi connectivity index (χ2n) is 6.24. The molecule has 0 bridgehead atoms. The molecule has 2 aromatic heterocycles. The number of hydrogen-bond donors (Lipinski definition) is 1. The molecule has 3 aromatic rings. The minimum absolute atomic E-state index is 0.0808. The molecule has 0 saturated carbocycles. The molecule has 0 spiro atoms. The Hall–Kier alpha value is -2.94. The van der Waals surface area contributed by atoms with E-state index < -0.39 is 5.82 Å². The highest BCUT2D eigenvalue weighted by molar-refractivity contribution is 7.15. The SMILES string of the molecule is CCn1nccc1CN(C)C(=O)Cc1sc(N)nc1-c1ccc(OC)c(F)c1. The summed E-state index contributed by atoms with van der Waals surface area (Å²) < 4.78 is 20.9. The normalized spacial score (nSPS) is 10.9. The number of benzene rings is 1. The van der Waals surface area contributed by atoms with Crippen LogP contribution in [0.3, 0.4) is 0 Å². The summed E-state index contributed by atoms with van der Waals surface area (Å²) in [6.45, 7) is 3.19. The van der Waals surface area contributed by atoms with Crippen LogP contribution >= 0.6 is 11.3 Å². The lowest BCUT2D eigenvalue weighted by molar-refractivity contribution is -0.129. The predicted molar refractivity (Wildman–Crippen MR) is 107 cm³/mol. The van der Waals surface area contributed by atoms with Crippen LogP contribution in [0, 0.1) is 5.82 Å². The van der Waals surface area contributed by atoms with Gasteiger partial charge in [-0.25, -0.2) is 9.37 Å². The summed E-state index contributed by atoms with van der Waals surface area (Å²) in [4.78, 5) is 19.4. The quantitative estimate of drug-likeness (QED) is 0.655. The number of carbonyl (C=O) groups excluding carboxylic acids is 1.